The zero-order chi connectivity index (χ0) is 12.8. The molecule has 0 amide bonds. The number of likely N-dealkylation sites (N-methyl/N-ethyl adjacent to an activating group) is 1. The van der Waals surface area contributed by atoms with Gasteiger partial charge in [-0.3, -0.25) is 0 Å². The lowest BCUT2D eigenvalue weighted by atomic mass is 10.4. The SMILES string of the molecule is CN(CCNCCN)CCNCCNCCN. The molecule has 6 heteroatoms. The summed E-state index contributed by atoms with van der Waals surface area (Å²) >= 11 is 0. The first-order valence-electron chi connectivity index (χ1n) is 6.52. The largest absolute Gasteiger partial charge is 0.329 e. The molecule has 0 radical (unpaired) electrons. The fraction of sp³-hybridized carbons (Fsp3) is 1.00. The highest BCUT2D eigenvalue weighted by atomic mass is 15.1. The minimum atomic E-state index is 0.707. The van der Waals surface area contributed by atoms with Crippen LogP contribution in [0.1, 0.15) is 0 Å². The van der Waals surface area contributed by atoms with Crippen LogP contribution in [0.5, 0.6) is 0 Å². The highest BCUT2D eigenvalue weighted by molar-refractivity contribution is 4.58. The molecule has 7 N–H and O–H groups in total. The van der Waals surface area contributed by atoms with Crippen LogP contribution in [0.2, 0.25) is 0 Å². The standard InChI is InChI=1S/C11H30N6/c1-17(10-8-15-5-3-13)11-9-16-7-6-14-4-2-12/h14-16H,2-13H2,1H3. The zero-order valence-corrected chi connectivity index (χ0v) is 11.2. The predicted octanol–water partition coefficient (Wildman–Crippen LogP) is -2.40. The van der Waals surface area contributed by atoms with Gasteiger partial charge in [0.15, 0.2) is 0 Å². The van der Waals surface area contributed by atoms with Crippen molar-refractivity contribution >= 4 is 0 Å². The minimum Gasteiger partial charge on any atom is -0.329 e. The highest BCUT2D eigenvalue weighted by Gasteiger charge is 1.96. The van der Waals surface area contributed by atoms with E-state index < -0.39 is 0 Å². The fourth-order valence-corrected chi connectivity index (χ4v) is 1.41. The Morgan fingerprint density at radius 1 is 0.706 bits per heavy atom. The molecule has 0 heterocycles. The number of hydrogen-bond donors (Lipinski definition) is 5. The van der Waals surface area contributed by atoms with Crippen molar-refractivity contribution in [2.45, 2.75) is 0 Å². The topological polar surface area (TPSA) is 91.4 Å². The lowest BCUT2D eigenvalue weighted by Gasteiger charge is -2.17. The van der Waals surface area contributed by atoms with E-state index in [4.69, 9.17) is 11.5 Å². The van der Waals surface area contributed by atoms with Gasteiger partial charge in [0.2, 0.25) is 0 Å². The first-order chi connectivity index (χ1) is 8.31. The van der Waals surface area contributed by atoms with Crippen LogP contribution in [0, 0.1) is 0 Å². The second-order valence-electron chi connectivity index (χ2n) is 4.13. The summed E-state index contributed by atoms with van der Waals surface area (Å²) in [5, 5.41) is 9.92. The van der Waals surface area contributed by atoms with Crippen LogP contribution in [0.25, 0.3) is 0 Å². The van der Waals surface area contributed by atoms with Crippen LogP contribution in [0.4, 0.5) is 0 Å². The van der Waals surface area contributed by atoms with E-state index in [-0.39, 0.29) is 0 Å². The van der Waals surface area contributed by atoms with Crippen LogP contribution in [0.3, 0.4) is 0 Å². The Hall–Kier alpha value is -0.240. The van der Waals surface area contributed by atoms with E-state index in [1.165, 1.54) is 0 Å². The molecule has 0 atom stereocenters. The molecule has 0 unspecified atom stereocenters. The number of nitrogens with two attached hydrogens (primary N) is 2. The third-order valence-corrected chi connectivity index (χ3v) is 2.46. The molecule has 0 aromatic carbocycles. The molecule has 0 aromatic heterocycles. The summed E-state index contributed by atoms with van der Waals surface area (Å²) in [6.45, 7) is 9.36. The smallest absolute Gasteiger partial charge is 0.0104 e. The van der Waals surface area contributed by atoms with Crippen molar-refractivity contribution in [3.05, 3.63) is 0 Å². The highest BCUT2D eigenvalue weighted by Crippen LogP contribution is 1.78. The molecule has 0 saturated carbocycles. The summed E-state index contributed by atoms with van der Waals surface area (Å²) in [4.78, 5) is 2.31. The maximum atomic E-state index is 5.39. The normalized spacial score (nSPS) is 11.3. The lowest BCUT2D eigenvalue weighted by molar-refractivity contribution is 0.330. The molecule has 0 fully saturated rings. The molecule has 0 spiro atoms. The molecule has 6 nitrogen and oxygen atoms in total. The summed E-state index contributed by atoms with van der Waals surface area (Å²) in [5.74, 6) is 0. The van der Waals surface area contributed by atoms with Crippen LogP contribution in [0.15, 0.2) is 0 Å². The van der Waals surface area contributed by atoms with Crippen molar-refractivity contribution in [3.8, 4) is 0 Å². The minimum absolute atomic E-state index is 0.707. The van der Waals surface area contributed by atoms with Crippen LogP contribution in [-0.4, -0.2) is 77.4 Å². The Morgan fingerprint density at radius 2 is 1.12 bits per heavy atom. The van der Waals surface area contributed by atoms with E-state index in [0.29, 0.717) is 13.1 Å². The second kappa shape index (κ2) is 13.8. The van der Waals surface area contributed by atoms with Gasteiger partial charge in [0.25, 0.3) is 0 Å². The lowest BCUT2D eigenvalue weighted by Crippen LogP contribution is -2.37. The van der Waals surface area contributed by atoms with Gasteiger partial charge in [-0.05, 0) is 7.05 Å². The van der Waals surface area contributed by atoms with Crippen molar-refractivity contribution in [3.63, 3.8) is 0 Å². The Morgan fingerprint density at radius 3 is 1.59 bits per heavy atom. The monoisotopic (exact) mass is 246 g/mol. The van der Waals surface area contributed by atoms with Crippen LogP contribution < -0.4 is 27.4 Å². The fourth-order valence-electron chi connectivity index (χ4n) is 1.41. The second-order valence-corrected chi connectivity index (χ2v) is 4.13. The van der Waals surface area contributed by atoms with Crippen molar-refractivity contribution < 1.29 is 0 Å². The van der Waals surface area contributed by atoms with Gasteiger partial charge in [-0.15, -0.1) is 0 Å². The Kier molecular flexibility index (Phi) is 13.6. The zero-order valence-electron chi connectivity index (χ0n) is 11.2. The van der Waals surface area contributed by atoms with E-state index >= 15 is 0 Å². The van der Waals surface area contributed by atoms with Gasteiger partial charge in [-0.25, -0.2) is 0 Å². The Balaban J connectivity index is 3.08. The molecule has 0 rings (SSSR count). The molecular weight excluding hydrogens is 216 g/mol. The molecule has 0 bridgehead atoms. The summed E-state index contributed by atoms with van der Waals surface area (Å²) in [5.41, 5.74) is 10.8. The number of nitrogens with one attached hydrogen (secondary N) is 3. The summed E-state index contributed by atoms with van der Waals surface area (Å²) in [7, 11) is 2.14. The molecule has 0 aromatic rings. The molecule has 17 heavy (non-hydrogen) atoms. The Bertz CT molecular complexity index is 144. The first-order valence-corrected chi connectivity index (χ1v) is 6.52. The van der Waals surface area contributed by atoms with Crippen LogP contribution in [-0.2, 0) is 0 Å². The number of hydrogen-bond acceptors (Lipinski definition) is 6. The molecule has 0 saturated heterocycles. The van der Waals surface area contributed by atoms with E-state index in [1.54, 1.807) is 0 Å². The Labute approximate surface area is 105 Å². The molecule has 0 aliphatic carbocycles. The molecular formula is C11H30N6. The molecule has 0 aliphatic heterocycles. The van der Waals surface area contributed by atoms with E-state index in [2.05, 4.69) is 27.9 Å². The molecule has 0 aliphatic rings. The quantitative estimate of drug-likeness (QED) is 0.233. The van der Waals surface area contributed by atoms with Gasteiger partial charge in [0, 0.05) is 65.4 Å². The van der Waals surface area contributed by atoms with Gasteiger partial charge >= 0.3 is 0 Å². The average Bonchev–Trinajstić information content (AvgIpc) is 2.33. The third kappa shape index (κ3) is 13.7. The molecule has 104 valence electrons. The van der Waals surface area contributed by atoms with Crippen molar-refractivity contribution in [2.24, 2.45) is 11.5 Å². The number of rotatable bonds is 13. The predicted molar refractivity (Wildman–Crippen MR) is 74.2 cm³/mol. The maximum absolute atomic E-state index is 5.39. The van der Waals surface area contributed by atoms with E-state index in [9.17, 15) is 0 Å². The van der Waals surface area contributed by atoms with Gasteiger partial charge < -0.3 is 32.3 Å². The third-order valence-electron chi connectivity index (χ3n) is 2.46. The van der Waals surface area contributed by atoms with Crippen LogP contribution >= 0.6 is 0 Å². The maximum Gasteiger partial charge on any atom is 0.0104 e. The van der Waals surface area contributed by atoms with Gasteiger partial charge in [-0.1, -0.05) is 0 Å². The summed E-state index contributed by atoms with van der Waals surface area (Å²) < 4.78 is 0. The van der Waals surface area contributed by atoms with Crippen molar-refractivity contribution in [1.29, 1.82) is 0 Å². The van der Waals surface area contributed by atoms with Crippen molar-refractivity contribution in [2.75, 3.05) is 72.5 Å². The summed E-state index contributed by atoms with van der Waals surface area (Å²) in [6.07, 6.45) is 0. The average molecular weight is 246 g/mol. The van der Waals surface area contributed by atoms with Gasteiger partial charge in [0.1, 0.15) is 0 Å². The summed E-state index contributed by atoms with van der Waals surface area (Å²) in [6, 6.07) is 0. The van der Waals surface area contributed by atoms with E-state index in [0.717, 1.165) is 52.4 Å². The number of nitrogens with zero attached hydrogens (tertiary/aromatic N) is 1. The van der Waals surface area contributed by atoms with Gasteiger partial charge in [0.05, 0.1) is 0 Å². The van der Waals surface area contributed by atoms with Gasteiger partial charge in [-0.2, -0.15) is 0 Å². The first kappa shape index (κ1) is 16.8. The van der Waals surface area contributed by atoms with E-state index in [1.807, 2.05) is 0 Å². The van der Waals surface area contributed by atoms with Crippen molar-refractivity contribution in [1.82, 2.24) is 20.9 Å².